The van der Waals surface area contributed by atoms with Crippen molar-refractivity contribution in [1.29, 1.82) is 0 Å². The van der Waals surface area contributed by atoms with Crippen LogP contribution < -0.4 is 0 Å². The molecule has 0 aliphatic heterocycles. The summed E-state index contributed by atoms with van der Waals surface area (Å²) < 4.78 is 0. The van der Waals surface area contributed by atoms with E-state index in [9.17, 15) is 5.11 Å². The van der Waals surface area contributed by atoms with E-state index in [0.717, 1.165) is 48.0 Å². The van der Waals surface area contributed by atoms with E-state index in [1.54, 1.807) is 0 Å². The van der Waals surface area contributed by atoms with Crippen LogP contribution in [0.4, 0.5) is 0 Å². The molecule has 1 aliphatic rings. The van der Waals surface area contributed by atoms with Gasteiger partial charge >= 0.3 is 0 Å². The minimum atomic E-state index is -0.438. The van der Waals surface area contributed by atoms with Gasteiger partial charge in [0.1, 0.15) is 0 Å². The van der Waals surface area contributed by atoms with Crippen molar-refractivity contribution in [2.75, 3.05) is 0 Å². The van der Waals surface area contributed by atoms with Crippen LogP contribution in [0.15, 0.2) is 24.3 Å². The Kier molecular flexibility index (Phi) is 3.24. The Labute approximate surface area is 136 Å². The minimum absolute atomic E-state index is 0.0998. The Hall–Kier alpha value is -1.87. The number of aromatic amines is 1. The van der Waals surface area contributed by atoms with E-state index in [0.29, 0.717) is 0 Å². The van der Waals surface area contributed by atoms with Gasteiger partial charge in [-0.15, -0.1) is 0 Å². The molecule has 0 saturated heterocycles. The van der Waals surface area contributed by atoms with Gasteiger partial charge in [-0.25, -0.2) is 0 Å². The average Bonchev–Trinajstić information content (AvgIpc) is 2.84. The van der Waals surface area contributed by atoms with Crippen LogP contribution in [0.3, 0.4) is 0 Å². The number of pyridine rings is 1. The van der Waals surface area contributed by atoms with E-state index in [-0.39, 0.29) is 5.41 Å². The number of benzene rings is 1. The second kappa shape index (κ2) is 5.07. The minimum Gasteiger partial charge on any atom is -0.388 e. The first-order valence-corrected chi connectivity index (χ1v) is 8.60. The highest BCUT2D eigenvalue weighted by atomic mass is 16.3. The topological polar surface area (TPSA) is 48.9 Å². The molecule has 3 heteroatoms. The highest BCUT2D eigenvalue weighted by Gasteiger charge is 2.34. The third-order valence-corrected chi connectivity index (χ3v) is 5.06. The number of aromatic nitrogens is 2. The summed E-state index contributed by atoms with van der Waals surface area (Å²) in [5.41, 5.74) is 5.60. The number of hydrogen-bond donors (Lipinski definition) is 2. The number of nitrogens with zero attached hydrogens (tertiary/aromatic N) is 1. The number of aliphatic hydroxyl groups is 1. The zero-order chi connectivity index (χ0) is 16.2. The summed E-state index contributed by atoms with van der Waals surface area (Å²) in [7, 11) is 0. The summed E-state index contributed by atoms with van der Waals surface area (Å²) in [4.78, 5) is 8.58. The fraction of sp³-hybridized carbons (Fsp3) is 0.450. The third-order valence-electron chi connectivity index (χ3n) is 5.06. The summed E-state index contributed by atoms with van der Waals surface area (Å²) in [6, 6.07) is 8.39. The number of aryl methyl sites for hydroxylation is 1. The summed E-state index contributed by atoms with van der Waals surface area (Å²) >= 11 is 0. The quantitative estimate of drug-likeness (QED) is 0.722. The molecule has 3 nitrogen and oxygen atoms in total. The average molecular weight is 308 g/mol. The lowest BCUT2D eigenvalue weighted by Gasteiger charge is -2.34. The van der Waals surface area contributed by atoms with Crippen LogP contribution in [0.2, 0.25) is 0 Å². The second-order valence-electron chi connectivity index (χ2n) is 7.65. The molecule has 0 radical (unpaired) electrons. The lowest BCUT2D eigenvalue weighted by molar-refractivity contribution is 0.0994. The normalized spacial score (nSPS) is 20.1. The fourth-order valence-electron chi connectivity index (χ4n) is 4.13. The number of aliphatic hydroxyl groups excluding tert-OH is 1. The van der Waals surface area contributed by atoms with Crippen LogP contribution in [-0.4, -0.2) is 15.1 Å². The van der Waals surface area contributed by atoms with Gasteiger partial charge in [-0.3, -0.25) is 4.98 Å². The molecule has 23 heavy (non-hydrogen) atoms. The molecule has 120 valence electrons. The molecule has 3 aromatic rings. The van der Waals surface area contributed by atoms with E-state index >= 15 is 0 Å². The number of hydrogen-bond acceptors (Lipinski definition) is 2. The fourth-order valence-corrected chi connectivity index (χ4v) is 4.13. The number of rotatable bonds is 2. The van der Waals surface area contributed by atoms with Crippen molar-refractivity contribution in [2.45, 2.75) is 52.6 Å². The Morgan fingerprint density at radius 1 is 1.30 bits per heavy atom. The van der Waals surface area contributed by atoms with Crippen molar-refractivity contribution in [3.05, 3.63) is 41.2 Å². The zero-order valence-electron chi connectivity index (χ0n) is 14.1. The first kappa shape index (κ1) is 14.7. The van der Waals surface area contributed by atoms with Crippen molar-refractivity contribution < 1.29 is 5.11 Å². The molecular formula is C20H24N2O. The Morgan fingerprint density at radius 2 is 2.09 bits per heavy atom. The van der Waals surface area contributed by atoms with Crippen LogP contribution in [0.25, 0.3) is 21.8 Å². The van der Waals surface area contributed by atoms with Crippen LogP contribution in [0.1, 0.15) is 56.7 Å². The number of fused-ring (bicyclic) bond motifs is 5. The molecule has 0 amide bonds. The van der Waals surface area contributed by atoms with Crippen molar-refractivity contribution in [3.8, 4) is 0 Å². The van der Waals surface area contributed by atoms with Gasteiger partial charge in [-0.05, 0) is 30.7 Å². The maximum Gasteiger partial charge on any atom is 0.0833 e. The molecule has 0 unspecified atom stereocenters. The van der Waals surface area contributed by atoms with Crippen molar-refractivity contribution in [2.24, 2.45) is 5.41 Å². The van der Waals surface area contributed by atoms with E-state index in [4.69, 9.17) is 4.98 Å². The highest BCUT2D eigenvalue weighted by Crippen LogP contribution is 2.44. The number of para-hydroxylation sites is 1. The van der Waals surface area contributed by atoms with Gasteiger partial charge in [0.2, 0.25) is 0 Å². The van der Waals surface area contributed by atoms with E-state index < -0.39 is 6.10 Å². The van der Waals surface area contributed by atoms with Crippen LogP contribution in [0.5, 0.6) is 0 Å². The van der Waals surface area contributed by atoms with Crippen molar-refractivity contribution in [1.82, 2.24) is 9.97 Å². The predicted molar refractivity (Wildman–Crippen MR) is 94.7 cm³/mol. The van der Waals surface area contributed by atoms with Crippen LogP contribution >= 0.6 is 0 Å². The lowest BCUT2D eigenvalue weighted by atomic mass is 9.74. The van der Waals surface area contributed by atoms with Crippen molar-refractivity contribution in [3.63, 3.8) is 0 Å². The Bertz CT molecular complexity index is 891. The van der Waals surface area contributed by atoms with Gasteiger partial charge in [-0.1, -0.05) is 45.4 Å². The maximum atomic E-state index is 10.8. The number of nitrogens with one attached hydrogen (secondary N) is 1. The van der Waals surface area contributed by atoms with E-state index in [1.165, 1.54) is 16.5 Å². The molecule has 1 aliphatic carbocycles. The van der Waals surface area contributed by atoms with E-state index in [1.807, 2.05) is 0 Å². The lowest BCUT2D eigenvalue weighted by Crippen LogP contribution is -2.27. The van der Waals surface area contributed by atoms with Gasteiger partial charge in [0.25, 0.3) is 0 Å². The van der Waals surface area contributed by atoms with Crippen molar-refractivity contribution >= 4 is 21.8 Å². The van der Waals surface area contributed by atoms with Gasteiger partial charge in [0.15, 0.2) is 0 Å². The van der Waals surface area contributed by atoms with Crippen LogP contribution in [0, 0.1) is 5.41 Å². The molecule has 2 aromatic heterocycles. The molecular weight excluding hydrogens is 284 g/mol. The maximum absolute atomic E-state index is 10.8. The first-order chi connectivity index (χ1) is 11.0. The predicted octanol–water partition coefficient (Wildman–Crippen LogP) is 4.67. The standard InChI is InChI=1S/C20H24N2O/c1-4-7-14-17-12-8-5-6-9-13(12)22-19(17)18-15(21-14)10-20(2,3)11-16(18)23/h5-6,8-9,16,22-23H,4,7,10-11H2,1-3H3/t16-/m0/s1. The van der Waals surface area contributed by atoms with E-state index in [2.05, 4.69) is 50.0 Å². The zero-order valence-corrected chi connectivity index (χ0v) is 14.1. The largest absolute Gasteiger partial charge is 0.388 e. The summed E-state index contributed by atoms with van der Waals surface area (Å²) in [5.74, 6) is 0. The summed E-state index contributed by atoms with van der Waals surface area (Å²) in [6.07, 6.45) is 3.34. The molecule has 2 N–H and O–H groups in total. The number of H-pyrrole nitrogens is 1. The van der Waals surface area contributed by atoms with Gasteiger partial charge < -0.3 is 10.1 Å². The molecule has 0 spiro atoms. The Balaban J connectivity index is 2.10. The molecule has 2 heterocycles. The molecule has 1 aromatic carbocycles. The van der Waals surface area contributed by atoms with Gasteiger partial charge in [0.05, 0.1) is 17.3 Å². The summed E-state index contributed by atoms with van der Waals surface area (Å²) in [6.45, 7) is 6.63. The molecule has 4 rings (SSSR count). The second-order valence-corrected chi connectivity index (χ2v) is 7.65. The molecule has 0 fully saturated rings. The third kappa shape index (κ3) is 2.26. The molecule has 0 saturated carbocycles. The van der Waals surface area contributed by atoms with Gasteiger partial charge in [0, 0.05) is 27.5 Å². The smallest absolute Gasteiger partial charge is 0.0833 e. The van der Waals surface area contributed by atoms with Gasteiger partial charge in [-0.2, -0.15) is 0 Å². The molecule has 1 atom stereocenters. The SMILES string of the molecule is CCCc1nc2c(c3[nH]c4ccccc4c13)[C@@H](O)CC(C)(C)C2. The van der Waals surface area contributed by atoms with Crippen LogP contribution in [-0.2, 0) is 12.8 Å². The Morgan fingerprint density at radius 3 is 2.87 bits per heavy atom. The monoisotopic (exact) mass is 308 g/mol. The molecule has 0 bridgehead atoms. The summed E-state index contributed by atoms with van der Waals surface area (Å²) in [5, 5.41) is 13.2. The first-order valence-electron chi connectivity index (χ1n) is 8.60. The highest BCUT2D eigenvalue weighted by molar-refractivity contribution is 6.09.